The van der Waals surface area contributed by atoms with Gasteiger partial charge < -0.3 is 19.9 Å². The van der Waals surface area contributed by atoms with Gasteiger partial charge in [0.05, 0.1) is 18.7 Å². The summed E-state index contributed by atoms with van der Waals surface area (Å²) in [5, 5.41) is 2.94. The molecule has 1 N–H and O–H groups in total. The summed E-state index contributed by atoms with van der Waals surface area (Å²) in [5.41, 5.74) is 0.389. The largest absolute Gasteiger partial charge is 0.495 e. The minimum absolute atomic E-state index is 0.0358. The quantitative estimate of drug-likeness (QED) is 0.841. The third kappa shape index (κ3) is 4.71. The number of methoxy groups -OCH3 is 1. The second kappa shape index (κ2) is 8.43. The van der Waals surface area contributed by atoms with Crippen molar-refractivity contribution in [3.63, 3.8) is 0 Å². The first-order valence-electron chi connectivity index (χ1n) is 10.2. The van der Waals surface area contributed by atoms with Gasteiger partial charge in [-0.2, -0.15) is 0 Å². The molecule has 3 rings (SSSR count). The second-order valence-corrected chi connectivity index (χ2v) is 8.87. The van der Waals surface area contributed by atoms with Crippen LogP contribution in [-0.2, 0) is 14.4 Å². The van der Waals surface area contributed by atoms with Crippen LogP contribution < -0.4 is 10.1 Å². The average Bonchev–Trinajstić information content (AvgIpc) is 3.10. The number of hydrogen-bond acceptors (Lipinski definition) is 4. The molecule has 2 fully saturated rings. The van der Waals surface area contributed by atoms with Gasteiger partial charge in [-0.25, -0.2) is 0 Å². The first-order chi connectivity index (χ1) is 13.7. The van der Waals surface area contributed by atoms with E-state index in [4.69, 9.17) is 4.74 Å². The van der Waals surface area contributed by atoms with Crippen LogP contribution in [0.5, 0.6) is 5.75 Å². The minimum Gasteiger partial charge on any atom is -0.495 e. The van der Waals surface area contributed by atoms with Crippen LogP contribution >= 0.6 is 0 Å². The van der Waals surface area contributed by atoms with Crippen molar-refractivity contribution in [3.05, 3.63) is 24.3 Å². The zero-order valence-corrected chi connectivity index (χ0v) is 17.7. The Morgan fingerprint density at radius 3 is 2.34 bits per heavy atom. The van der Waals surface area contributed by atoms with Gasteiger partial charge in [-0.15, -0.1) is 0 Å². The van der Waals surface area contributed by atoms with E-state index in [0.717, 1.165) is 0 Å². The number of anilines is 1. The topological polar surface area (TPSA) is 79.0 Å². The van der Waals surface area contributed by atoms with Gasteiger partial charge in [0.15, 0.2) is 0 Å². The number of nitrogens with zero attached hydrogens (tertiary/aromatic N) is 2. The Balaban J connectivity index is 1.53. The molecule has 0 spiro atoms. The average molecular weight is 402 g/mol. The molecule has 7 heteroatoms. The van der Waals surface area contributed by atoms with Gasteiger partial charge >= 0.3 is 0 Å². The maximum absolute atomic E-state index is 12.9. The van der Waals surface area contributed by atoms with Crippen molar-refractivity contribution in [2.24, 2.45) is 11.8 Å². The lowest BCUT2D eigenvalue weighted by molar-refractivity contribution is -0.138. The Hall–Kier alpha value is -2.57. The van der Waals surface area contributed by atoms with Gasteiger partial charge in [0.1, 0.15) is 5.75 Å². The number of para-hydroxylation sites is 2. The van der Waals surface area contributed by atoms with Crippen LogP contribution in [0.2, 0.25) is 0 Å². The first kappa shape index (κ1) is 21.1. The Morgan fingerprint density at radius 2 is 1.76 bits per heavy atom. The first-order valence-corrected chi connectivity index (χ1v) is 10.2. The Labute approximate surface area is 172 Å². The standard InChI is InChI=1S/C22H31N3O4/c1-22(2,3)25-14-16(13-19(25)26)21(28)24-11-9-15(10-12-24)20(27)23-17-7-5-6-8-18(17)29-4/h5-8,15-16H,9-14H2,1-4H3,(H,23,27). The lowest BCUT2D eigenvalue weighted by Crippen LogP contribution is -2.46. The molecule has 0 aromatic heterocycles. The van der Waals surface area contributed by atoms with Crippen LogP contribution in [0.15, 0.2) is 24.3 Å². The van der Waals surface area contributed by atoms with E-state index in [1.165, 1.54) is 0 Å². The molecule has 0 bridgehead atoms. The molecule has 0 saturated carbocycles. The number of piperidine rings is 1. The molecule has 158 valence electrons. The van der Waals surface area contributed by atoms with Crippen LogP contribution in [-0.4, -0.2) is 59.8 Å². The van der Waals surface area contributed by atoms with Crippen molar-refractivity contribution in [3.8, 4) is 5.75 Å². The number of amides is 3. The summed E-state index contributed by atoms with van der Waals surface area (Å²) in [7, 11) is 1.57. The van der Waals surface area contributed by atoms with E-state index >= 15 is 0 Å². The maximum Gasteiger partial charge on any atom is 0.227 e. The van der Waals surface area contributed by atoms with Crippen LogP contribution in [0.1, 0.15) is 40.0 Å². The molecule has 0 radical (unpaired) electrons. The second-order valence-electron chi connectivity index (χ2n) is 8.87. The third-order valence-corrected chi connectivity index (χ3v) is 5.83. The summed E-state index contributed by atoms with van der Waals surface area (Å²) in [6.07, 6.45) is 1.52. The molecular formula is C22H31N3O4. The van der Waals surface area contributed by atoms with E-state index in [1.54, 1.807) is 18.1 Å². The van der Waals surface area contributed by atoms with Gasteiger partial charge in [-0.1, -0.05) is 12.1 Å². The fourth-order valence-electron chi connectivity index (χ4n) is 4.12. The molecule has 29 heavy (non-hydrogen) atoms. The molecule has 2 aliphatic heterocycles. The van der Waals surface area contributed by atoms with E-state index in [9.17, 15) is 14.4 Å². The fourth-order valence-corrected chi connectivity index (χ4v) is 4.12. The summed E-state index contributed by atoms with van der Waals surface area (Å²) in [4.78, 5) is 41.4. The van der Waals surface area contributed by atoms with Crippen molar-refractivity contribution in [1.82, 2.24) is 9.80 Å². The van der Waals surface area contributed by atoms with Crippen LogP contribution in [0.3, 0.4) is 0 Å². The number of rotatable bonds is 4. The highest BCUT2D eigenvalue weighted by Crippen LogP contribution is 2.29. The highest BCUT2D eigenvalue weighted by molar-refractivity contribution is 5.94. The lowest BCUT2D eigenvalue weighted by Gasteiger charge is -2.34. The summed E-state index contributed by atoms with van der Waals surface area (Å²) in [5.74, 6) is 0.246. The van der Waals surface area contributed by atoms with Crippen molar-refractivity contribution >= 4 is 23.4 Å². The highest BCUT2D eigenvalue weighted by Gasteiger charge is 2.41. The van der Waals surface area contributed by atoms with Gasteiger partial charge in [0.25, 0.3) is 0 Å². The summed E-state index contributed by atoms with van der Waals surface area (Å²) in [6.45, 7) is 7.54. The van der Waals surface area contributed by atoms with E-state index < -0.39 is 0 Å². The number of carbonyl (C=O) groups is 3. The summed E-state index contributed by atoms with van der Waals surface area (Å²) >= 11 is 0. The number of carbonyl (C=O) groups excluding carboxylic acids is 3. The number of hydrogen-bond donors (Lipinski definition) is 1. The molecule has 7 nitrogen and oxygen atoms in total. The Kier molecular flexibility index (Phi) is 6.15. The van der Waals surface area contributed by atoms with Crippen LogP contribution in [0.25, 0.3) is 0 Å². The zero-order chi connectivity index (χ0) is 21.2. The van der Waals surface area contributed by atoms with Gasteiger partial charge in [0, 0.05) is 37.5 Å². The molecule has 0 aliphatic carbocycles. The maximum atomic E-state index is 12.9. The minimum atomic E-state index is -0.277. The van der Waals surface area contributed by atoms with Crippen LogP contribution in [0, 0.1) is 11.8 Å². The van der Waals surface area contributed by atoms with Crippen molar-refractivity contribution in [2.75, 3.05) is 32.1 Å². The lowest BCUT2D eigenvalue weighted by atomic mass is 9.94. The number of likely N-dealkylation sites (tertiary alicyclic amines) is 2. The Morgan fingerprint density at radius 1 is 1.10 bits per heavy atom. The number of benzene rings is 1. The van der Waals surface area contributed by atoms with E-state index in [0.29, 0.717) is 43.9 Å². The highest BCUT2D eigenvalue weighted by atomic mass is 16.5. The molecule has 2 saturated heterocycles. The number of nitrogens with one attached hydrogen (secondary N) is 1. The van der Waals surface area contributed by atoms with E-state index in [2.05, 4.69) is 5.32 Å². The number of ether oxygens (including phenoxy) is 1. The molecule has 3 amide bonds. The van der Waals surface area contributed by atoms with Crippen LogP contribution in [0.4, 0.5) is 5.69 Å². The Bertz CT molecular complexity index is 779. The third-order valence-electron chi connectivity index (χ3n) is 5.83. The van der Waals surface area contributed by atoms with E-state index in [1.807, 2.05) is 43.9 Å². The van der Waals surface area contributed by atoms with Gasteiger partial charge in [-0.05, 0) is 45.7 Å². The monoisotopic (exact) mass is 401 g/mol. The molecule has 1 aromatic carbocycles. The summed E-state index contributed by atoms with van der Waals surface area (Å²) in [6, 6.07) is 7.32. The van der Waals surface area contributed by atoms with Crippen molar-refractivity contribution in [1.29, 1.82) is 0 Å². The van der Waals surface area contributed by atoms with Gasteiger partial charge in [0.2, 0.25) is 17.7 Å². The summed E-state index contributed by atoms with van der Waals surface area (Å²) < 4.78 is 5.28. The van der Waals surface area contributed by atoms with Crippen molar-refractivity contribution in [2.45, 2.75) is 45.6 Å². The SMILES string of the molecule is COc1ccccc1NC(=O)C1CCN(C(=O)C2CC(=O)N(C(C)(C)C)C2)CC1. The smallest absolute Gasteiger partial charge is 0.227 e. The predicted molar refractivity (Wildman–Crippen MR) is 111 cm³/mol. The molecule has 1 aromatic rings. The van der Waals surface area contributed by atoms with Crippen molar-refractivity contribution < 1.29 is 19.1 Å². The van der Waals surface area contributed by atoms with Gasteiger partial charge in [-0.3, -0.25) is 14.4 Å². The fraction of sp³-hybridized carbons (Fsp3) is 0.591. The van der Waals surface area contributed by atoms with E-state index in [-0.39, 0.29) is 41.5 Å². The molecule has 1 unspecified atom stereocenters. The predicted octanol–water partition coefficient (Wildman–Crippen LogP) is 2.52. The molecule has 2 heterocycles. The molecule has 1 atom stereocenters. The molecule has 2 aliphatic rings. The zero-order valence-electron chi connectivity index (χ0n) is 17.7. The molecular weight excluding hydrogens is 370 g/mol. The normalized spacial score (nSPS) is 20.7.